The van der Waals surface area contributed by atoms with Gasteiger partial charge >= 0.3 is 0 Å². The summed E-state index contributed by atoms with van der Waals surface area (Å²) in [5.41, 5.74) is 1.29. The first kappa shape index (κ1) is 20.7. The zero-order valence-electron chi connectivity index (χ0n) is 17.7. The predicted molar refractivity (Wildman–Crippen MR) is 113 cm³/mol. The molecule has 5 rings (SSSR count). The van der Waals surface area contributed by atoms with Crippen LogP contribution in [0.15, 0.2) is 36.5 Å². The maximum atomic E-state index is 14.6. The molecule has 4 heterocycles. The minimum atomic E-state index is -0.493. The van der Waals surface area contributed by atoms with E-state index in [1.54, 1.807) is 24.3 Å². The van der Waals surface area contributed by atoms with Crippen LogP contribution in [0, 0.1) is 17.0 Å². The van der Waals surface area contributed by atoms with Crippen molar-refractivity contribution in [3.63, 3.8) is 0 Å². The van der Waals surface area contributed by atoms with E-state index in [0.29, 0.717) is 30.0 Å². The predicted octanol–water partition coefficient (Wildman–Crippen LogP) is 3.49. The van der Waals surface area contributed by atoms with Crippen LogP contribution in [0.1, 0.15) is 35.8 Å². The van der Waals surface area contributed by atoms with E-state index in [1.807, 2.05) is 4.90 Å². The van der Waals surface area contributed by atoms with Crippen molar-refractivity contribution in [3.05, 3.63) is 59.4 Å². The molecule has 0 atom stereocenters. The first-order valence-electron chi connectivity index (χ1n) is 10.6. The summed E-state index contributed by atoms with van der Waals surface area (Å²) in [7, 11) is 0. The van der Waals surface area contributed by atoms with E-state index in [1.165, 1.54) is 17.7 Å². The van der Waals surface area contributed by atoms with Crippen LogP contribution in [0.3, 0.4) is 0 Å². The van der Waals surface area contributed by atoms with Crippen molar-refractivity contribution in [1.29, 1.82) is 0 Å². The number of ether oxygens (including phenoxy) is 1. The molecule has 166 valence electrons. The molecule has 2 aliphatic rings. The molecule has 2 aromatic heterocycles. The van der Waals surface area contributed by atoms with E-state index in [9.17, 15) is 13.6 Å². The molecule has 0 aliphatic carbocycles. The molecule has 3 aromatic rings. The van der Waals surface area contributed by atoms with Gasteiger partial charge in [-0.05, 0) is 25.0 Å². The molecule has 2 aliphatic heterocycles. The van der Waals surface area contributed by atoms with Gasteiger partial charge in [0.25, 0.3) is 0 Å². The molecule has 2 saturated heterocycles. The molecule has 32 heavy (non-hydrogen) atoms. The van der Waals surface area contributed by atoms with Crippen molar-refractivity contribution in [2.24, 2.45) is 5.41 Å². The van der Waals surface area contributed by atoms with Crippen LogP contribution in [0.25, 0.3) is 11.5 Å². The number of hydrogen-bond acceptors (Lipinski definition) is 6. The van der Waals surface area contributed by atoms with Gasteiger partial charge in [-0.3, -0.25) is 9.48 Å². The highest BCUT2D eigenvalue weighted by Gasteiger charge is 2.41. The summed E-state index contributed by atoms with van der Waals surface area (Å²) >= 11 is 0. The number of aromatic nitrogens is 4. The third kappa shape index (κ3) is 3.77. The lowest BCUT2D eigenvalue weighted by Gasteiger charge is -2.47. The second-order valence-electron chi connectivity index (χ2n) is 8.57. The molecule has 2 fully saturated rings. The summed E-state index contributed by atoms with van der Waals surface area (Å²) in [4.78, 5) is 22.6. The summed E-state index contributed by atoms with van der Waals surface area (Å²) in [6.07, 6.45) is 2.99. The zero-order valence-corrected chi connectivity index (χ0v) is 17.7. The Balaban J connectivity index is 1.44. The minimum absolute atomic E-state index is 0.0892. The van der Waals surface area contributed by atoms with Crippen molar-refractivity contribution < 1.29 is 18.3 Å². The van der Waals surface area contributed by atoms with Gasteiger partial charge in [-0.1, -0.05) is 18.2 Å². The highest BCUT2D eigenvalue weighted by atomic mass is 19.1. The highest BCUT2D eigenvalue weighted by molar-refractivity contribution is 5.93. The van der Waals surface area contributed by atoms with E-state index in [2.05, 4.69) is 15.1 Å². The van der Waals surface area contributed by atoms with Crippen LogP contribution >= 0.6 is 0 Å². The lowest BCUT2D eigenvalue weighted by molar-refractivity contribution is -0.124. The fraction of sp³-hybridized carbons (Fsp3) is 0.391. The highest BCUT2D eigenvalue weighted by Crippen LogP contribution is 2.39. The van der Waals surface area contributed by atoms with Gasteiger partial charge in [0.15, 0.2) is 23.2 Å². The molecule has 1 spiro atoms. The van der Waals surface area contributed by atoms with E-state index in [-0.39, 0.29) is 35.2 Å². The van der Waals surface area contributed by atoms with Gasteiger partial charge in [-0.25, -0.2) is 18.7 Å². The number of hydrogen-bond donors (Lipinski definition) is 0. The molecule has 0 N–H and O–H groups in total. The minimum Gasteiger partial charge on any atom is -0.380 e. The van der Waals surface area contributed by atoms with Crippen LogP contribution in [0.2, 0.25) is 0 Å². The Bertz CT molecular complexity index is 1160. The Hall–Kier alpha value is -3.20. The van der Waals surface area contributed by atoms with Gasteiger partial charge in [0, 0.05) is 31.0 Å². The maximum Gasteiger partial charge on any atom is 0.183 e. The van der Waals surface area contributed by atoms with Crippen molar-refractivity contribution in [2.75, 3.05) is 31.2 Å². The summed E-state index contributed by atoms with van der Waals surface area (Å²) in [5.74, 6) is -0.626. The lowest BCUT2D eigenvalue weighted by Crippen LogP contribution is -2.51. The number of carbonyl (C=O) groups is 1. The average molecular weight is 439 g/mol. The number of carbonyl (C=O) groups excluding carboxylic acids is 1. The summed E-state index contributed by atoms with van der Waals surface area (Å²) in [6.45, 7) is 4.43. The van der Waals surface area contributed by atoms with Crippen molar-refractivity contribution in [1.82, 2.24) is 19.7 Å². The number of piperidine rings is 1. The van der Waals surface area contributed by atoms with Crippen LogP contribution < -0.4 is 4.90 Å². The average Bonchev–Trinajstić information content (AvgIpc) is 3.19. The second kappa shape index (κ2) is 8.05. The summed E-state index contributed by atoms with van der Waals surface area (Å²) in [6, 6.07) is 7.90. The monoisotopic (exact) mass is 439 g/mol. The number of halogens is 2. The van der Waals surface area contributed by atoms with Gasteiger partial charge in [0.1, 0.15) is 17.2 Å². The maximum absolute atomic E-state index is 14.6. The van der Waals surface area contributed by atoms with Crippen molar-refractivity contribution in [3.8, 4) is 11.5 Å². The first-order valence-corrected chi connectivity index (χ1v) is 10.6. The fourth-order valence-corrected chi connectivity index (χ4v) is 4.29. The molecule has 9 heteroatoms. The van der Waals surface area contributed by atoms with Gasteiger partial charge in [0.05, 0.1) is 26.0 Å². The zero-order chi connectivity index (χ0) is 22.3. The number of Topliss-reactive ketones (excluding diaryl/α,β-unsaturated/α-hetero) is 1. The smallest absolute Gasteiger partial charge is 0.183 e. The molecule has 1 aromatic carbocycles. The fourth-order valence-electron chi connectivity index (χ4n) is 4.29. The lowest BCUT2D eigenvalue weighted by atomic mass is 9.77. The Morgan fingerprint density at radius 3 is 2.56 bits per heavy atom. The Morgan fingerprint density at radius 1 is 1.16 bits per heavy atom. The van der Waals surface area contributed by atoms with Gasteiger partial charge in [0.2, 0.25) is 0 Å². The molecule has 0 bridgehead atoms. The third-order valence-electron chi connectivity index (χ3n) is 6.31. The number of ketones is 1. The Labute approximate surface area is 184 Å². The summed E-state index contributed by atoms with van der Waals surface area (Å²) < 4.78 is 35.5. The molecule has 0 amide bonds. The standard InChI is InChI=1S/C23H23F2N5O2/c1-15(31)20-10-19(28-30(20)12-16-4-2-3-5-17(16)24)21-26-11-18(25)22(27-21)29-8-6-23(7-9-29)13-32-14-23/h2-5,10-11H,6-9,12-14H2,1H3. The normalized spacial score (nSPS) is 17.4. The molecule has 0 radical (unpaired) electrons. The largest absolute Gasteiger partial charge is 0.380 e. The van der Waals surface area contributed by atoms with Crippen molar-refractivity contribution in [2.45, 2.75) is 26.3 Å². The molecular formula is C23H23F2N5O2. The number of nitrogens with zero attached hydrogens (tertiary/aromatic N) is 5. The number of anilines is 1. The van der Waals surface area contributed by atoms with E-state index in [4.69, 9.17) is 4.74 Å². The van der Waals surface area contributed by atoms with Crippen LogP contribution in [-0.4, -0.2) is 51.8 Å². The number of rotatable bonds is 5. The topological polar surface area (TPSA) is 73.1 Å². The van der Waals surface area contributed by atoms with Crippen molar-refractivity contribution >= 4 is 11.6 Å². The molecule has 0 saturated carbocycles. The summed E-state index contributed by atoms with van der Waals surface area (Å²) in [5, 5.41) is 4.45. The van der Waals surface area contributed by atoms with Gasteiger partial charge in [-0.2, -0.15) is 5.10 Å². The SMILES string of the molecule is CC(=O)c1cc(-c2ncc(F)c(N3CCC4(CC3)COC4)n2)nn1Cc1ccccc1F. The first-order chi connectivity index (χ1) is 15.4. The molecule has 0 unspecified atom stereocenters. The third-order valence-corrected chi connectivity index (χ3v) is 6.31. The quantitative estimate of drug-likeness (QED) is 0.567. The van der Waals surface area contributed by atoms with Crippen LogP contribution in [0.4, 0.5) is 14.6 Å². The van der Waals surface area contributed by atoms with E-state index < -0.39 is 5.82 Å². The van der Waals surface area contributed by atoms with Gasteiger partial charge in [-0.15, -0.1) is 0 Å². The Kier molecular flexibility index (Phi) is 5.21. The van der Waals surface area contributed by atoms with Gasteiger partial charge < -0.3 is 9.64 Å². The van der Waals surface area contributed by atoms with E-state index >= 15 is 0 Å². The second-order valence-corrected chi connectivity index (χ2v) is 8.57. The molecular weight excluding hydrogens is 416 g/mol. The molecule has 7 nitrogen and oxygen atoms in total. The van der Waals surface area contributed by atoms with E-state index in [0.717, 1.165) is 32.3 Å². The van der Waals surface area contributed by atoms with Crippen LogP contribution in [0.5, 0.6) is 0 Å². The number of benzene rings is 1. The Morgan fingerprint density at radius 2 is 1.91 bits per heavy atom. The van der Waals surface area contributed by atoms with Crippen LogP contribution in [-0.2, 0) is 11.3 Å².